The van der Waals surface area contributed by atoms with Gasteiger partial charge in [-0.1, -0.05) is 6.07 Å². The number of carbonyl (C=O) groups is 2. The van der Waals surface area contributed by atoms with Gasteiger partial charge in [-0.3, -0.25) is 4.79 Å². The summed E-state index contributed by atoms with van der Waals surface area (Å²) in [7, 11) is 1.28. The molecule has 0 unspecified atom stereocenters. The second-order valence-corrected chi connectivity index (χ2v) is 4.09. The maximum atomic E-state index is 11.5. The molecule has 0 aliphatic rings. The number of anilines is 1. The Labute approximate surface area is 99.4 Å². The first-order valence-corrected chi connectivity index (χ1v) is 5.07. The number of nitrogens with one attached hydrogen (secondary N) is 1. The molecule has 1 amide bonds. The molecular weight excluding hydrogens is 222 g/mol. The van der Waals surface area contributed by atoms with Crippen molar-refractivity contribution in [2.24, 2.45) is 0 Å². The SMILES string of the molecule is COC(=O)c1cccc(NC(=O)C(C)(C)O)c1. The highest BCUT2D eigenvalue weighted by atomic mass is 16.5. The third kappa shape index (κ3) is 3.57. The second-order valence-electron chi connectivity index (χ2n) is 4.09. The summed E-state index contributed by atoms with van der Waals surface area (Å²) in [6.45, 7) is 2.76. The van der Waals surface area contributed by atoms with Crippen molar-refractivity contribution in [3.05, 3.63) is 29.8 Å². The third-order valence-electron chi connectivity index (χ3n) is 2.10. The minimum atomic E-state index is -1.47. The predicted octanol–water partition coefficient (Wildman–Crippen LogP) is 1.18. The summed E-state index contributed by atoms with van der Waals surface area (Å²) in [5.41, 5.74) is -0.706. The lowest BCUT2D eigenvalue weighted by Crippen LogP contribution is -2.36. The van der Waals surface area contributed by atoms with Crippen molar-refractivity contribution in [3.63, 3.8) is 0 Å². The lowest BCUT2D eigenvalue weighted by atomic mass is 10.1. The zero-order chi connectivity index (χ0) is 13.1. The van der Waals surface area contributed by atoms with E-state index in [2.05, 4.69) is 10.1 Å². The van der Waals surface area contributed by atoms with Gasteiger partial charge in [0.25, 0.3) is 5.91 Å². The molecule has 5 nitrogen and oxygen atoms in total. The molecular formula is C12H15NO4. The molecule has 17 heavy (non-hydrogen) atoms. The van der Waals surface area contributed by atoms with Crippen LogP contribution in [0.1, 0.15) is 24.2 Å². The molecule has 0 radical (unpaired) electrons. The summed E-state index contributed by atoms with van der Waals surface area (Å²) in [6, 6.07) is 6.30. The lowest BCUT2D eigenvalue weighted by Gasteiger charge is -2.16. The Kier molecular flexibility index (Phi) is 3.85. The topological polar surface area (TPSA) is 75.6 Å². The van der Waals surface area contributed by atoms with Crippen molar-refractivity contribution in [2.75, 3.05) is 12.4 Å². The van der Waals surface area contributed by atoms with Crippen LogP contribution in [0.25, 0.3) is 0 Å². The molecule has 0 heterocycles. The average molecular weight is 237 g/mol. The normalized spacial score (nSPS) is 10.8. The highest BCUT2D eigenvalue weighted by molar-refractivity contribution is 5.98. The number of hydrogen-bond donors (Lipinski definition) is 2. The number of carbonyl (C=O) groups excluding carboxylic acids is 2. The van der Waals surface area contributed by atoms with Gasteiger partial charge in [0.15, 0.2) is 0 Å². The molecule has 0 saturated heterocycles. The minimum absolute atomic E-state index is 0.334. The fourth-order valence-corrected chi connectivity index (χ4v) is 1.13. The number of benzene rings is 1. The number of ether oxygens (including phenoxy) is 1. The zero-order valence-corrected chi connectivity index (χ0v) is 9.98. The summed E-state index contributed by atoms with van der Waals surface area (Å²) in [5, 5.41) is 12.0. The third-order valence-corrected chi connectivity index (χ3v) is 2.10. The van der Waals surface area contributed by atoms with Crippen molar-refractivity contribution in [2.45, 2.75) is 19.4 Å². The van der Waals surface area contributed by atoms with Crippen LogP contribution in [0.5, 0.6) is 0 Å². The van der Waals surface area contributed by atoms with Crippen LogP contribution in [0.3, 0.4) is 0 Å². The summed E-state index contributed by atoms with van der Waals surface area (Å²) in [6.07, 6.45) is 0. The van der Waals surface area contributed by atoms with Crippen LogP contribution in [0.4, 0.5) is 5.69 Å². The molecule has 1 aromatic rings. The monoisotopic (exact) mass is 237 g/mol. The van der Waals surface area contributed by atoms with E-state index in [4.69, 9.17) is 0 Å². The Morgan fingerprint density at radius 3 is 2.53 bits per heavy atom. The van der Waals surface area contributed by atoms with Crippen LogP contribution in [-0.4, -0.2) is 29.7 Å². The van der Waals surface area contributed by atoms with Gasteiger partial charge >= 0.3 is 5.97 Å². The number of methoxy groups -OCH3 is 1. The number of amides is 1. The Morgan fingerprint density at radius 1 is 1.35 bits per heavy atom. The molecule has 0 aliphatic carbocycles. The standard InChI is InChI=1S/C12H15NO4/c1-12(2,16)11(15)13-9-6-4-5-8(7-9)10(14)17-3/h4-7,16H,1-3H3,(H,13,15). The van der Waals surface area contributed by atoms with Gasteiger partial charge in [0.05, 0.1) is 12.7 Å². The molecule has 5 heteroatoms. The summed E-state index contributed by atoms with van der Waals surface area (Å²) >= 11 is 0. The predicted molar refractivity (Wildman–Crippen MR) is 62.7 cm³/mol. The smallest absolute Gasteiger partial charge is 0.337 e. The molecule has 1 aromatic carbocycles. The molecule has 0 aromatic heterocycles. The Balaban J connectivity index is 2.87. The van der Waals surface area contributed by atoms with Crippen molar-refractivity contribution in [3.8, 4) is 0 Å². The van der Waals surface area contributed by atoms with E-state index in [1.807, 2.05) is 0 Å². The molecule has 0 aliphatic heterocycles. The molecule has 0 saturated carbocycles. The van der Waals surface area contributed by atoms with Crippen molar-refractivity contribution in [1.29, 1.82) is 0 Å². The van der Waals surface area contributed by atoms with E-state index >= 15 is 0 Å². The Hall–Kier alpha value is -1.88. The van der Waals surface area contributed by atoms with E-state index in [1.165, 1.54) is 27.0 Å². The quantitative estimate of drug-likeness (QED) is 0.774. The Bertz CT molecular complexity index is 434. The van der Waals surface area contributed by atoms with E-state index in [-0.39, 0.29) is 0 Å². The molecule has 0 bridgehead atoms. The molecule has 2 N–H and O–H groups in total. The summed E-state index contributed by atoms with van der Waals surface area (Å²) in [4.78, 5) is 22.8. The summed E-state index contributed by atoms with van der Waals surface area (Å²) in [5.74, 6) is -1.02. The van der Waals surface area contributed by atoms with Crippen LogP contribution in [0.2, 0.25) is 0 Å². The van der Waals surface area contributed by atoms with Gasteiger partial charge in [-0.05, 0) is 32.0 Å². The number of aliphatic hydroxyl groups is 1. The van der Waals surface area contributed by atoms with Crippen LogP contribution in [0.15, 0.2) is 24.3 Å². The molecule has 0 fully saturated rings. The van der Waals surface area contributed by atoms with Crippen LogP contribution >= 0.6 is 0 Å². The molecule has 0 atom stereocenters. The number of esters is 1. The van der Waals surface area contributed by atoms with Gasteiger partial charge in [-0.25, -0.2) is 4.79 Å². The highest BCUT2D eigenvalue weighted by Gasteiger charge is 2.23. The van der Waals surface area contributed by atoms with Gasteiger partial charge in [0.1, 0.15) is 5.60 Å². The maximum absolute atomic E-state index is 11.5. The van der Waals surface area contributed by atoms with Crippen LogP contribution in [0, 0.1) is 0 Å². The number of rotatable bonds is 3. The first kappa shape index (κ1) is 13.2. The van der Waals surface area contributed by atoms with Gasteiger partial charge < -0.3 is 15.2 Å². The minimum Gasteiger partial charge on any atom is -0.465 e. The van der Waals surface area contributed by atoms with E-state index in [0.717, 1.165) is 0 Å². The maximum Gasteiger partial charge on any atom is 0.337 e. The molecule has 0 spiro atoms. The van der Waals surface area contributed by atoms with Gasteiger partial charge in [0, 0.05) is 5.69 Å². The van der Waals surface area contributed by atoms with Crippen molar-refractivity contribution >= 4 is 17.6 Å². The van der Waals surface area contributed by atoms with Gasteiger partial charge in [0.2, 0.25) is 0 Å². The van der Waals surface area contributed by atoms with Crippen LogP contribution in [-0.2, 0) is 9.53 Å². The Morgan fingerprint density at radius 2 is 2.00 bits per heavy atom. The average Bonchev–Trinajstić information content (AvgIpc) is 2.27. The lowest BCUT2D eigenvalue weighted by molar-refractivity contribution is -0.130. The first-order chi connectivity index (χ1) is 7.84. The fourth-order valence-electron chi connectivity index (χ4n) is 1.13. The van der Waals surface area contributed by atoms with Gasteiger partial charge in [-0.15, -0.1) is 0 Å². The zero-order valence-electron chi connectivity index (χ0n) is 9.98. The van der Waals surface area contributed by atoms with E-state index in [1.54, 1.807) is 18.2 Å². The van der Waals surface area contributed by atoms with E-state index < -0.39 is 17.5 Å². The van der Waals surface area contributed by atoms with Gasteiger partial charge in [-0.2, -0.15) is 0 Å². The largest absolute Gasteiger partial charge is 0.465 e. The summed E-state index contributed by atoms with van der Waals surface area (Å²) < 4.78 is 4.56. The van der Waals surface area contributed by atoms with E-state index in [0.29, 0.717) is 11.3 Å². The molecule has 1 rings (SSSR count). The highest BCUT2D eigenvalue weighted by Crippen LogP contribution is 2.13. The first-order valence-electron chi connectivity index (χ1n) is 5.07. The van der Waals surface area contributed by atoms with Crippen LogP contribution < -0.4 is 5.32 Å². The fraction of sp³-hybridized carbons (Fsp3) is 0.333. The van der Waals surface area contributed by atoms with Crippen molar-refractivity contribution < 1.29 is 19.4 Å². The second kappa shape index (κ2) is 4.97. The number of hydrogen-bond acceptors (Lipinski definition) is 4. The van der Waals surface area contributed by atoms with Crippen molar-refractivity contribution in [1.82, 2.24) is 0 Å². The molecule has 92 valence electrons. The van der Waals surface area contributed by atoms with E-state index in [9.17, 15) is 14.7 Å².